The van der Waals surface area contributed by atoms with Crippen LogP contribution >= 0.6 is 11.6 Å². The Bertz CT molecular complexity index is 1280. The number of hydrogen-bond donors (Lipinski definition) is 1. The Hall–Kier alpha value is -2.75. The highest BCUT2D eigenvalue weighted by atomic mass is 35.5. The SMILES string of the molecule is Cc1cc(C)cc(NC(=O)C2CCN(S(=O)(=O)c3cc(-c4noc(C)n4)ccc3Cl)CC2)c1. The van der Waals surface area contributed by atoms with E-state index >= 15 is 0 Å². The van der Waals surface area contributed by atoms with E-state index in [1.165, 1.54) is 16.4 Å². The quantitative estimate of drug-likeness (QED) is 0.572. The largest absolute Gasteiger partial charge is 0.339 e. The second-order valence-electron chi connectivity index (χ2n) is 8.33. The molecule has 1 amide bonds. The van der Waals surface area contributed by atoms with E-state index in [4.69, 9.17) is 16.1 Å². The van der Waals surface area contributed by atoms with Crippen molar-refractivity contribution in [3.63, 3.8) is 0 Å². The van der Waals surface area contributed by atoms with Gasteiger partial charge in [-0.25, -0.2) is 8.42 Å². The highest BCUT2D eigenvalue weighted by molar-refractivity contribution is 7.89. The van der Waals surface area contributed by atoms with E-state index in [-0.39, 0.29) is 34.8 Å². The van der Waals surface area contributed by atoms with Gasteiger partial charge in [0.1, 0.15) is 4.90 Å². The first-order valence-electron chi connectivity index (χ1n) is 10.6. The molecule has 0 unspecified atom stereocenters. The lowest BCUT2D eigenvalue weighted by atomic mass is 9.97. The van der Waals surface area contributed by atoms with E-state index in [9.17, 15) is 13.2 Å². The van der Waals surface area contributed by atoms with Crippen molar-refractivity contribution < 1.29 is 17.7 Å². The number of aryl methyl sites for hydroxylation is 3. The number of carbonyl (C=O) groups is 1. The summed E-state index contributed by atoms with van der Waals surface area (Å²) in [5.74, 6) is 0.318. The summed E-state index contributed by atoms with van der Waals surface area (Å²) in [5.41, 5.74) is 3.40. The number of benzene rings is 2. The van der Waals surface area contributed by atoms with Gasteiger partial charge in [0.05, 0.1) is 5.02 Å². The molecular formula is C23H25ClN4O4S. The van der Waals surface area contributed by atoms with Crippen molar-refractivity contribution in [3.05, 3.63) is 58.4 Å². The number of sulfonamides is 1. The molecule has 0 radical (unpaired) electrons. The van der Waals surface area contributed by atoms with Crippen molar-refractivity contribution in [1.29, 1.82) is 0 Å². The van der Waals surface area contributed by atoms with Gasteiger partial charge < -0.3 is 9.84 Å². The van der Waals surface area contributed by atoms with Gasteiger partial charge in [-0.3, -0.25) is 4.79 Å². The fourth-order valence-electron chi connectivity index (χ4n) is 4.05. The molecular weight excluding hydrogens is 464 g/mol. The molecule has 1 saturated heterocycles. The topological polar surface area (TPSA) is 105 Å². The van der Waals surface area contributed by atoms with E-state index in [0.717, 1.165) is 16.8 Å². The van der Waals surface area contributed by atoms with E-state index in [1.54, 1.807) is 13.0 Å². The summed E-state index contributed by atoms with van der Waals surface area (Å²) in [6, 6.07) is 10.5. The molecule has 0 spiro atoms. The van der Waals surface area contributed by atoms with Crippen molar-refractivity contribution in [1.82, 2.24) is 14.4 Å². The summed E-state index contributed by atoms with van der Waals surface area (Å²) >= 11 is 6.25. The Morgan fingerprint density at radius 1 is 1.09 bits per heavy atom. The van der Waals surface area contributed by atoms with Crippen LogP contribution in [0.1, 0.15) is 29.9 Å². The van der Waals surface area contributed by atoms with Gasteiger partial charge in [-0.2, -0.15) is 9.29 Å². The van der Waals surface area contributed by atoms with Crippen molar-refractivity contribution >= 4 is 33.2 Å². The molecule has 8 nitrogen and oxygen atoms in total. The molecule has 3 aromatic rings. The maximum atomic E-state index is 13.3. The van der Waals surface area contributed by atoms with E-state index in [2.05, 4.69) is 15.5 Å². The molecule has 0 aliphatic carbocycles. The Kier molecular flexibility index (Phi) is 6.56. The molecule has 174 valence electrons. The summed E-state index contributed by atoms with van der Waals surface area (Å²) in [6.07, 6.45) is 0.856. The minimum Gasteiger partial charge on any atom is -0.339 e. The van der Waals surface area contributed by atoms with Crippen LogP contribution in [-0.4, -0.2) is 41.9 Å². The van der Waals surface area contributed by atoms with Gasteiger partial charge in [-0.1, -0.05) is 22.8 Å². The Morgan fingerprint density at radius 3 is 2.36 bits per heavy atom. The van der Waals surface area contributed by atoms with Gasteiger partial charge in [-0.05, 0) is 68.1 Å². The zero-order valence-electron chi connectivity index (χ0n) is 18.6. The Labute approximate surface area is 198 Å². The van der Waals surface area contributed by atoms with Crippen LogP contribution < -0.4 is 5.32 Å². The van der Waals surface area contributed by atoms with Gasteiger partial charge in [-0.15, -0.1) is 0 Å². The maximum absolute atomic E-state index is 13.3. The number of halogens is 1. The third-order valence-electron chi connectivity index (χ3n) is 5.65. The van der Waals surface area contributed by atoms with Crippen molar-refractivity contribution in [3.8, 4) is 11.4 Å². The second kappa shape index (κ2) is 9.24. The average Bonchev–Trinajstić information content (AvgIpc) is 3.19. The number of aromatic nitrogens is 2. The Balaban J connectivity index is 1.46. The number of amides is 1. The van der Waals surface area contributed by atoms with E-state index in [1.807, 2.05) is 32.0 Å². The first kappa shape index (κ1) is 23.4. The third-order valence-corrected chi connectivity index (χ3v) is 8.03. The highest BCUT2D eigenvalue weighted by Gasteiger charge is 2.33. The number of carbonyl (C=O) groups excluding carboxylic acids is 1. The zero-order chi connectivity index (χ0) is 23.8. The molecule has 33 heavy (non-hydrogen) atoms. The fraction of sp³-hybridized carbons (Fsp3) is 0.348. The lowest BCUT2D eigenvalue weighted by Crippen LogP contribution is -2.41. The van der Waals surface area contributed by atoms with Crippen LogP contribution in [0.2, 0.25) is 5.02 Å². The van der Waals surface area contributed by atoms with Gasteiger partial charge in [0.15, 0.2) is 0 Å². The number of piperidine rings is 1. The van der Waals surface area contributed by atoms with Gasteiger partial charge in [0.25, 0.3) is 0 Å². The average molecular weight is 489 g/mol. The van der Waals surface area contributed by atoms with Crippen LogP contribution in [0.3, 0.4) is 0 Å². The summed E-state index contributed by atoms with van der Waals surface area (Å²) in [5, 5.41) is 6.93. The second-order valence-corrected chi connectivity index (χ2v) is 10.6. The number of anilines is 1. The standard InChI is InChI=1S/C23H25ClN4O4S/c1-14-10-15(2)12-19(11-14)26-23(29)17-6-8-28(9-7-17)33(30,31)21-13-18(4-5-20(21)24)22-25-16(3)32-27-22/h4-5,10-13,17H,6-9H2,1-3H3,(H,26,29). The molecule has 0 atom stereocenters. The van der Waals surface area contributed by atoms with Gasteiger partial charge in [0, 0.05) is 37.2 Å². The molecule has 0 bridgehead atoms. The van der Waals surface area contributed by atoms with Crippen LogP contribution in [0.25, 0.3) is 11.4 Å². The molecule has 2 heterocycles. The number of rotatable bonds is 5. The molecule has 0 saturated carbocycles. The zero-order valence-corrected chi connectivity index (χ0v) is 20.2. The van der Waals surface area contributed by atoms with Crippen molar-refractivity contribution in [2.24, 2.45) is 5.92 Å². The predicted octanol–water partition coefficient (Wildman–Crippen LogP) is 4.35. The molecule has 4 rings (SSSR count). The lowest BCUT2D eigenvalue weighted by Gasteiger charge is -2.30. The molecule has 10 heteroatoms. The van der Waals surface area contributed by atoms with Crippen LogP contribution in [0.5, 0.6) is 0 Å². The van der Waals surface area contributed by atoms with Crippen molar-refractivity contribution in [2.75, 3.05) is 18.4 Å². The van der Waals surface area contributed by atoms with Gasteiger partial charge in [0.2, 0.25) is 27.6 Å². The van der Waals surface area contributed by atoms with Crippen LogP contribution in [0.4, 0.5) is 5.69 Å². The fourth-order valence-corrected chi connectivity index (χ4v) is 6.02. The molecule has 1 aliphatic rings. The molecule has 1 N–H and O–H groups in total. The monoisotopic (exact) mass is 488 g/mol. The molecule has 1 aromatic heterocycles. The summed E-state index contributed by atoms with van der Waals surface area (Å²) in [6.45, 7) is 6.08. The van der Waals surface area contributed by atoms with E-state index < -0.39 is 10.0 Å². The minimum absolute atomic E-state index is 0.0118. The lowest BCUT2D eigenvalue weighted by molar-refractivity contribution is -0.120. The maximum Gasteiger partial charge on any atom is 0.244 e. The summed E-state index contributed by atoms with van der Waals surface area (Å²) in [7, 11) is -3.85. The first-order chi connectivity index (χ1) is 15.6. The van der Waals surface area contributed by atoms with Crippen LogP contribution in [-0.2, 0) is 14.8 Å². The third kappa shape index (κ3) is 5.10. The van der Waals surface area contributed by atoms with Gasteiger partial charge >= 0.3 is 0 Å². The molecule has 2 aromatic carbocycles. The minimum atomic E-state index is -3.85. The summed E-state index contributed by atoms with van der Waals surface area (Å²) < 4.78 is 33.0. The molecule has 1 fully saturated rings. The normalized spacial score (nSPS) is 15.5. The number of hydrogen-bond acceptors (Lipinski definition) is 6. The predicted molar refractivity (Wildman–Crippen MR) is 126 cm³/mol. The number of nitrogens with one attached hydrogen (secondary N) is 1. The smallest absolute Gasteiger partial charge is 0.244 e. The molecule has 1 aliphatic heterocycles. The summed E-state index contributed by atoms with van der Waals surface area (Å²) in [4.78, 5) is 16.9. The van der Waals surface area contributed by atoms with Crippen LogP contribution in [0, 0.1) is 26.7 Å². The first-order valence-corrected chi connectivity index (χ1v) is 12.4. The van der Waals surface area contributed by atoms with E-state index in [0.29, 0.717) is 30.1 Å². The highest BCUT2D eigenvalue weighted by Crippen LogP contribution is 2.31. The Morgan fingerprint density at radius 2 is 1.76 bits per heavy atom. The van der Waals surface area contributed by atoms with Crippen molar-refractivity contribution in [2.45, 2.75) is 38.5 Å². The van der Waals surface area contributed by atoms with Crippen LogP contribution in [0.15, 0.2) is 45.8 Å². The number of nitrogens with zero attached hydrogens (tertiary/aromatic N) is 3.